The van der Waals surface area contributed by atoms with Crippen LogP contribution in [0.2, 0.25) is 0 Å². The fraction of sp³-hybridized carbons (Fsp3) is 0.533. The number of methoxy groups -OCH3 is 1. The van der Waals surface area contributed by atoms with Crippen LogP contribution in [0.15, 0.2) is 18.2 Å². The molecule has 0 bridgehead atoms. The summed E-state index contributed by atoms with van der Waals surface area (Å²) < 4.78 is 5.16. The molecule has 1 fully saturated rings. The Balaban J connectivity index is 2.08. The van der Waals surface area contributed by atoms with Crippen LogP contribution in [0.25, 0.3) is 0 Å². The highest BCUT2D eigenvalue weighted by atomic mass is 32.2. The van der Waals surface area contributed by atoms with Crippen molar-refractivity contribution in [3.63, 3.8) is 0 Å². The van der Waals surface area contributed by atoms with Gasteiger partial charge in [-0.2, -0.15) is 11.8 Å². The fourth-order valence-electron chi connectivity index (χ4n) is 2.67. The van der Waals surface area contributed by atoms with Crippen LogP contribution >= 0.6 is 11.8 Å². The molecule has 1 aromatic rings. The summed E-state index contributed by atoms with van der Waals surface area (Å²) in [6, 6.07) is 5.54. The third-order valence-corrected chi connectivity index (χ3v) is 5.01. The number of carbonyl (C=O) groups is 1. The van der Waals surface area contributed by atoms with E-state index in [-0.39, 0.29) is 11.9 Å². The largest absolute Gasteiger partial charge is 0.495 e. The molecule has 2 unspecified atom stereocenters. The molecule has 20 heavy (non-hydrogen) atoms. The minimum Gasteiger partial charge on any atom is -0.495 e. The molecule has 5 heteroatoms. The summed E-state index contributed by atoms with van der Waals surface area (Å²) in [5.74, 6) is 1.52. The molecule has 0 radical (unpaired) electrons. The fourth-order valence-corrected chi connectivity index (χ4v) is 3.87. The quantitative estimate of drug-likeness (QED) is 0.820. The number of thioether (sulfide) groups is 1. The van der Waals surface area contributed by atoms with Crippen molar-refractivity contribution in [1.82, 2.24) is 5.32 Å². The number of nitrogens with two attached hydrogens (primary N) is 1. The monoisotopic (exact) mass is 294 g/mol. The van der Waals surface area contributed by atoms with E-state index in [1.165, 1.54) is 12.8 Å². The third kappa shape index (κ3) is 3.20. The lowest BCUT2D eigenvalue weighted by Crippen LogP contribution is -2.39. The van der Waals surface area contributed by atoms with Crippen LogP contribution in [-0.4, -0.2) is 30.1 Å². The topological polar surface area (TPSA) is 64.3 Å². The minimum atomic E-state index is -0.102. The van der Waals surface area contributed by atoms with Gasteiger partial charge in [0, 0.05) is 11.3 Å². The number of carbonyl (C=O) groups excluding carboxylic acids is 1. The van der Waals surface area contributed by atoms with Gasteiger partial charge in [-0.1, -0.05) is 19.4 Å². The highest BCUT2D eigenvalue weighted by Crippen LogP contribution is 2.31. The van der Waals surface area contributed by atoms with E-state index in [2.05, 4.69) is 12.2 Å². The first-order valence-corrected chi connectivity index (χ1v) is 8.07. The Kier molecular flexibility index (Phi) is 5.17. The van der Waals surface area contributed by atoms with Gasteiger partial charge in [-0.15, -0.1) is 0 Å². The van der Waals surface area contributed by atoms with Crippen molar-refractivity contribution < 1.29 is 9.53 Å². The number of ether oxygens (including phenoxy) is 1. The SMILES string of the molecule is CCSC1CCCC1NC(=O)c1cccc(OC)c1N. The lowest BCUT2D eigenvalue weighted by Gasteiger charge is -2.20. The summed E-state index contributed by atoms with van der Waals surface area (Å²) in [6.45, 7) is 2.15. The van der Waals surface area contributed by atoms with E-state index in [1.54, 1.807) is 25.3 Å². The molecule has 3 N–H and O–H groups in total. The number of hydrogen-bond donors (Lipinski definition) is 2. The summed E-state index contributed by atoms with van der Waals surface area (Å²) in [7, 11) is 1.55. The molecule has 0 heterocycles. The molecule has 1 aliphatic carbocycles. The van der Waals surface area contributed by atoms with Gasteiger partial charge >= 0.3 is 0 Å². The van der Waals surface area contributed by atoms with Gasteiger partial charge < -0.3 is 15.8 Å². The van der Waals surface area contributed by atoms with Crippen molar-refractivity contribution >= 4 is 23.4 Å². The van der Waals surface area contributed by atoms with Crippen LogP contribution in [0, 0.1) is 0 Å². The number of nitrogen functional groups attached to an aromatic ring is 1. The van der Waals surface area contributed by atoms with Gasteiger partial charge in [-0.25, -0.2) is 0 Å². The predicted molar refractivity (Wildman–Crippen MR) is 84.4 cm³/mol. The van der Waals surface area contributed by atoms with Crippen LogP contribution in [-0.2, 0) is 0 Å². The van der Waals surface area contributed by atoms with E-state index < -0.39 is 0 Å². The molecule has 0 aromatic heterocycles. The average molecular weight is 294 g/mol. The summed E-state index contributed by atoms with van der Waals surface area (Å²) in [6.07, 6.45) is 3.40. The van der Waals surface area contributed by atoms with Crippen LogP contribution in [0.5, 0.6) is 5.75 Å². The van der Waals surface area contributed by atoms with Gasteiger partial charge in [0.05, 0.1) is 18.4 Å². The van der Waals surface area contributed by atoms with Gasteiger partial charge in [0.15, 0.2) is 0 Å². The zero-order valence-electron chi connectivity index (χ0n) is 12.0. The first kappa shape index (κ1) is 15.0. The van der Waals surface area contributed by atoms with Gasteiger partial charge in [0.25, 0.3) is 5.91 Å². The lowest BCUT2D eigenvalue weighted by atomic mass is 10.1. The molecule has 0 aliphatic heterocycles. The number of hydrogen-bond acceptors (Lipinski definition) is 4. The lowest BCUT2D eigenvalue weighted by molar-refractivity contribution is 0.0939. The maximum absolute atomic E-state index is 12.4. The van der Waals surface area contributed by atoms with E-state index in [0.29, 0.717) is 22.3 Å². The highest BCUT2D eigenvalue weighted by Gasteiger charge is 2.29. The van der Waals surface area contributed by atoms with Crippen LogP contribution in [0.4, 0.5) is 5.69 Å². The second-order valence-corrected chi connectivity index (χ2v) is 6.44. The smallest absolute Gasteiger partial charge is 0.253 e. The summed E-state index contributed by atoms with van der Waals surface area (Å²) in [5, 5.41) is 3.65. The number of benzene rings is 1. The third-order valence-electron chi connectivity index (χ3n) is 3.68. The molecule has 1 saturated carbocycles. The molecule has 0 spiro atoms. The molecule has 110 valence electrons. The second-order valence-electron chi connectivity index (χ2n) is 4.93. The summed E-state index contributed by atoms with van der Waals surface area (Å²) >= 11 is 1.93. The van der Waals surface area contributed by atoms with Crippen molar-refractivity contribution in [2.75, 3.05) is 18.6 Å². The van der Waals surface area contributed by atoms with E-state index in [0.717, 1.165) is 12.2 Å². The first-order valence-electron chi connectivity index (χ1n) is 7.02. The van der Waals surface area contributed by atoms with Crippen molar-refractivity contribution in [3.8, 4) is 5.75 Å². The van der Waals surface area contributed by atoms with Gasteiger partial charge in [0.1, 0.15) is 5.75 Å². The van der Waals surface area contributed by atoms with Crippen molar-refractivity contribution in [1.29, 1.82) is 0 Å². The number of para-hydroxylation sites is 1. The van der Waals surface area contributed by atoms with E-state index in [9.17, 15) is 4.79 Å². The number of amides is 1. The van der Waals surface area contributed by atoms with Gasteiger partial charge in [-0.3, -0.25) is 4.79 Å². The summed E-state index contributed by atoms with van der Waals surface area (Å²) in [4.78, 5) is 12.4. The van der Waals surface area contributed by atoms with E-state index >= 15 is 0 Å². The molecule has 2 atom stereocenters. The second kappa shape index (κ2) is 6.88. The Hall–Kier alpha value is -1.36. The molecule has 4 nitrogen and oxygen atoms in total. The van der Waals surface area contributed by atoms with Crippen molar-refractivity contribution in [3.05, 3.63) is 23.8 Å². The van der Waals surface area contributed by atoms with E-state index in [1.807, 2.05) is 11.8 Å². The zero-order chi connectivity index (χ0) is 14.5. The number of rotatable bonds is 5. The van der Waals surface area contributed by atoms with Crippen LogP contribution in [0.1, 0.15) is 36.5 Å². The maximum Gasteiger partial charge on any atom is 0.253 e. The average Bonchev–Trinajstić information content (AvgIpc) is 2.86. The standard InChI is InChI=1S/C15H22N2O2S/c1-3-20-13-9-5-7-11(13)17-15(18)10-6-4-8-12(19-2)14(10)16/h4,6,8,11,13H,3,5,7,9,16H2,1-2H3,(H,17,18). The minimum absolute atomic E-state index is 0.102. The van der Waals surface area contributed by atoms with Crippen LogP contribution < -0.4 is 15.8 Å². The molecule has 2 rings (SSSR count). The molecule has 1 amide bonds. The Morgan fingerprint density at radius 2 is 2.30 bits per heavy atom. The molecule has 0 saturated heterocycles. The summed E-state index contributed by atoms with van der Waals surface area (Å²) in [5.41, 5.74) is 6.88. The Bertz CT molecular complexity index is 479. The van der Waals surface area contributed by atoms with Crippen LogP contribution in [0.3, 0.4) is 0 Å². The first-order chi connectivity index (χ1) is 9.67. The van der Waals surface area contributed by atoms with Crippen molar-refractivity contribution in [2.24, 2.45) is 0 Å². The molecular formula is C15H22N2O2S. The molecular weight excluding hydrogens is 272 g/mol. The van der Waals surface area contributed by atoms with Crippen molar-refractivity contribution in [2.45, 2.75) is 37.5 Å². The Labute approximate surface area is 124 Å². The highest BCUT2D eigenvalue weighted by molar-refractivity contribution is 7.99. The van der Waals surface area contributed by atoms with Gasteiger partial charge in [0.2, 0.25) is 0 Å². The van der Waals surface area contributed by atoms with E-state index in [4.69, 9.17) is 10.5 Å². The molecule has 1 aromatic carbocycles. The number of nitrogens with one attached hydrogen (secondary N) is 1. The predicted octanol–water partition coefficient (Wildman–Crippen LogP) is 2.68. The normalized spacial score (nSPS) is 21.7. The Morgan fingerprint density at radius 1 is 1.50 bits per heavy atom. The number of anilines is 1. The maximum atomic E-state index is 12.4. The molecule has 1 aliphatic rings. The van der Waals surface area contributed by atoms with Gasteiger partial charge in [-0.05, 0) is 30.7 Å². The zero-order valence-corrected chi connectivity index (χ0v) is 12.8. The Morgan fingerprint density at radius 3 is 3.00 bits per heavy atom.